The van der Waals surface area contributed by atoms with Crippen molar-refractivity contribution < 1.29 is 4.79 Å². The molecule has 1 saturated heterocycles. The number of rotatable bonds is 5. The molecule has 0 aliphatic carbocycles. The first-order valence-electron chi connectivity index (χ1n) is 10.0. The molecule has 156 valence electrons. The number of halogens is 1. The molecule has 2 aromatic carbocycles. The van der Waals surface area contributed by atoms with E-state index in [4.69, 9.17) is 11.6 Å². The summed E-state index contributed by atoms with van der Waals surface area (Å²) >= 11 is 5.94. The van der Waals surface area contributed by atoms with Gasteiger partial charge < -0.3 is 14.8 Å². The smallest absolute Gasteiger partial charge is 0.328 e. The standard InChI is InChI=1S/C22H23ClN4O3/c23-16-7-9-17(10-8-16)25-12-14-26(15-13-25)20(28)6-3-11-27-21(29)18-4-1-2-5-19(18)24-22(27)30/h1-2,4-5,7-10H,3,6,11-15H2,(H,24,30). The first-order chi connectivity index (χ1) is 14.5. The largest absolute Gasteiger partial charge is 0.368 e. The van der Waals surface area contributed by atoms with Crippen molar-refractivity contribution in [2.75, 3.05) is 31.1 Å². The van der Waals surface area contributed by atoms with Crippen molar-refractivity contribution >= 4 is 34.1 Å². The Hall–Kier alpha value is -3.06. The Bertz CT molecular complexity index is 1160. The molecular formula is C22H23ClN4O3. The number of carbonyl (C=O) groups is 1. The van der Waals surface area contributed by atoms with Crippen molar-refractivity contribution in [3.8, 4) is 0 Å². The van der Waals surface area contributed by atoms with E-state index in [1.165, 1.54) is 4.57 Å². The maximum absolute atomic E-state index is 12.6. The molecule has 8 heteroatoms. The van der Waals surface area contributed by atoms with Gasteiger partial charge in [0.2, 0.25) is 5.91 Å². The summed E-state index contributed by atoms with van der Waals surface area (Å²) in [6.45, 7) is 3.04. The molecule has 1 amide bonds. The maximum Gasteiger partial charge on any atom is 0.328 e. The fourth-order valence-corrected chi connectivity index (χ4v) is 3.94. The minimum atomic E-state index is -0.442. The Labute approximate surface area is 178 Å². The number of piperazine rings is 1. The van der Waals surface area contributed by atoms with Gasteiger partial charge in [0.25, 0.3) is 5.56 Å². The lowest BCUT2D eigenvalue weighted by Crippen LogP contribution is -2.48. The van der Waals surface area contributed by atoms with Gasteiger partial charge >= 0.3 is 5.69 Å². The summed E-state index contributed by atoms with van der Waals surface area (Å²) < 4.78 is 1.17. The Morgan fingerprint density at radius 1 is 0.967 bits per heavy atom. The number of hydrogen-bond donors (Lipinski definition) is 1. The molecule has 0 radical (unpaired) electrons. The summed E-state index contributed by atoms with van der Waals surface area (Å²) in [5.74, 6) is 0.0519. The molecule has 0 unspecified atom stereocenters. The van der Waals surface area contributed by atoms with Crippen LogP contribution in [0.2, 0.25) is 5.02 Å². The molecule has 1 aromatic heterocycles. The summed E-state index contributed by atoms with van der Waals surface area (Å²) in [5, 5.41) is 1.18. The molecule has 0 spiro atoms. The second-order valence-corrected chi connectivity index (χ2v) is 7.82. The third-order valence-electron chi connectivity index (χ3n) is 5.49. The highest BCUT2D eigenvalue weighted by Crippen LogP contribution is 2.19. The number of para-hydroxylation sites is 1. The average Bonchev–Trinajstić information content (AvgIpc) is 2.76. The fraction of sp³-hybridized carbons (Fsp3) is 0.318. The molecule has 1 aliphatic heterocycles. The summed E-state index contributed by atoms with van der Waals surface area (Å²) in [6, 6.07) is 14.6. The fourth-order valence-electron chi connectivity index (χ4n) is 3.81. The van der Waals surface area contributed by atoms with Crippen LogP contribution in [0.15, 0.2) is 58.1 Å². The number of amides is 1. The molecule has 1 aliphatic rings. The van der Waals surface area contributed by atoms with E-state index in [0.29, 0.717) is 41.9 Å². The lowest BCUT2D eigenvalue weighted by molar-refractivity contribution is -0.131. The zero-order chi connectivity index (χ0) is 21.1. The number of nitrogens with zero attached hydrogens (tertiary/aromatic N) is 3. The van der Waals surface area contributed by atoms with Gasteiger partial charge in [-0.25, -0.2) is 4.79 Å². The van der Waals surface area contributed by atoms with Gasteiger partial charge in [0.15, 0.2) is 0 Å². The van der Waals surface area contributed by atoms with Crippen LogP contribution < -0.4 is 16.1 Å². The van der Waals surface area contributed by atoms with Gasteiger partial charge in [0, 0.05) is 49.9 Å². The van der Waals surface area contributed by atoms with Crippen molar-refractivity contribution in [2.45, 2.75) is 19.4 Å². The number of fused-ring (bicyclic) bond motifs is 1. The third-order valence-corrected chi connectivity index (χ3v) is 5.74. The van der Waals surface area contributed by atoms with Crippen molar-refractivity contribution in [3.63, 3.8) is 0 Å². The predicted molar refractivity (Wildman–Crippen MR) is 118 cm³/mol. The van der Waals surface area contributed by atoms with Crippen LogP contribution in [-0.4, -0.2) is 46.5 Å². The van der Waals surface area contributed by atoms with Crippen LogP contribution in [0, 0.1) is 0 Å². The highest BCUT2D eigenvalue weighted by atomic mass is 35.5. The first-order valence-corrected chi connectivity index (χ1v) is 10.4. The zero-order valence-corrected chi connectivity index (χ0v) is 17.3. The van der Waals surface area contributed by atoms with E-state index in [2.05, 4.69) is 9.88 Å². The van der Waals surface area contributed by atoms with Gasteiger partial charge in [-0.1, -0.05) is 23.7 Å². The van der Waals surface area contributed by atoms with Crippen molar-refractivity contribution in [2.24, 2.45) is 0 Å². The van der Waals surface area contributed by atoms with E-state index in [0.717, 1.165) is 18.8 Å². The molecule has 2 heterocycles. The Morgan fingerprint density at radius 2 is 1.67 bits per heavy atom. The highest BCUT2D eigenvalue weighted by Gasteiger charge is 2.21. The molecule has 0 bridgehead atoms. The van der Waals surface area contributed by atoms with Gasteiger partial charge in [-0.15, -0.1) is 0 Å². The van der Waals surface area contributed by atoms with E-state index < -0.39 is 5.69 Å². The quantitative estimate of drug-likeness (QED) is 0.679. The number of anilines is 1. The number of H-pyrrole nitrogens is 1. The minimum Gasteiger partial charge on any atom is -0.368 e. The van der Waals surface area contributed by atoms with Crippen LogP contribution in [0.4, 0.5) is 5.69 Å². The molecule has 3 aromatic rings. The van der Waals surface area contributed by atoms with Crippen LogP contribution in [-0.2, 0) is 11.3 Å². The highest BCUT2D eigenvalue weighted by molar-refractivity contribution is 6.30. The first kappa shape index (κ1) is 20.2. The van der Waals surface area contributed by atoms with E-state index in [9.17, 15) is 14.4 Å². The van der Waals surface area contributed by atoms with Crippen LogP contribution >= 0.6 is 11.6 Å². The van der Waals surface area contributed by atoms with Crippen molar-refractivity contribution in [1.82, 2.24) is 14.5 Å². The third kappa shape index (κ3) is 4.26. The van der Waals surface area contributed by atoms with Crippen molar-refractivity contribution in [1.29, 1.82) is 0 Å². The van der Waals surface area contributed by atoms with Gasteiger partial charge in [-0.05, 0) is 42.8 Å². The van der Waals surface area contributed by atoms with E-state index >= 15 is 0 Å². The molecule has 0 atom stereocenters. The maximum atomic E-state index is 12.6. The van der Waals surface area contributed by atoms with Crippen LogP contribution in [0.3, 0.4) is 0 Å². The molecule has 1 fully saturated rings. The van der Waals surface area contributed by atoms with Gasteiger partial charge in [0.1, 0.15) is 0 Å². The summed E-state index contributed by atoms with van der Waals surface area (Å²) in [5.41, 5.74) is 0.862. The Balaban J connectivity index is 1.32. The number of aromatic amines is 1. The lowest BCUT2D eigenvalue weighted by Gasteiger charge is -2.36. The zero-order valence-electron chi connectivity index (χ0n) is 16.5. The SMILES string of the molecule is O=C(CCCn1c(=O)[nH]c2ccccc2c1=O)N1CCN(c2ccc(Cl)cc2)CC1. The molecule has 1 N–H and O–H groups in total. The number of hydrogen-bond acceptors (Lipinski definition) is 4. The van der Waals surface area contributed by atoms with Crippen molar-refractivity contribution in [3.05, 3.63) is 74.4 Å². The topological polar surface area (TPSA) is 78.4 Å². The summed E-state index contributed by atoms with van der Waals surface area (Å²) in [6.07, 6.45) is 0.747. The Kier molecular flexibility index (Phi) is 5.90. The monoisotopic (exact) mass is 426 g/mol. The van der Waals surface area contributed by atoms with Gasteiger partial charge in [-0.2, -0.15) is 0 Å². The van der Waals surface area contributed by atoms with Crippen LogP contribution in [0.25, 0.3) is 10.9 Å². The number of aromatic nitrogens is 2. The van der Waals surface area contributed by atoms with Crippen LogP contribution in [0.1, 0.15) is 12.8 Å². The van der Waals surface area contributed by atoms with Gasteiger partial charge in [-0.3, -0.25) is 14.2 Å². The van der Waals surface area contributed by atoms with E-state index in [1.807, 2.05) is 29.2 Å². The molecule has 30 heavy (non-hydrogen) atoms. The normalized spacial score (nSPS) is 14.3. The average molecular weight is 427 g/mol. The molecule has 7 nitrogen and oxygen atoms in total. The number of carbonyl (C=O) groups excluding carboxylic acids is 1. The molecule has 0 saturated carbocycles. The van der Waals surface area contributed by atoms with Gasteiger partial charge in [0.05, 0.1) is 10.9 Å². The van der Waals surface area contributed by atoms with E-state index in [-0.39, 0.29) is 18.0 Å². The second-order valence-electron chi connectivity index (χ2n) is 7.38. The molecular weight excluding hydrogens is 404 g/mol. The van der Waals surface area contributed by atoms with E-state index in [1.54, 1.807) is 24.3 Å². The lowest BCUT2D eigenvalue weighted by atomic mass is 10.2. The van der Waals surface area contributed by atoms with Crippen LogP contribution in [0.5, 0.6) is 0 Å². The summed E-state index contributed by atoms with van der Waals surface area (Å²) in [4.78, 5) is 44.1. The summed E-state index contributed by atoms with van der Waals surface area (Å²) in [7, 11) is 0. The number of nitrogens with one attached hydrogen (secondary N) is 1. The Morgan fingerprint density at radius 3 is 2.40 bits per heavy atom. The minimum absolute atomic E-state index is 0.0519. The second kappa shape index (κ2) is 8.75. The number of benzene rings is 2. The predicted octanol–water partition coefficient (Wildman–Crippen LogP) is 2.47. The molecule has 4 rings (SSSR count).